The molecule has 138 valence electrons. The molecule has 1 aliphatic carbocycles. The van der Waals surface area contributed by atoms with Crippen molar-refractivity contribution >= 4 is 5.82 Å². The van der Waals surface area contributed by atoms with Gasteiger partial charge in [0.25, 0.3) is 0 Å². The number of hydrogen-bond donors (Lipinski definition) is 2. The average molecular weight is 353 g/mol. The summed E-state index contributed by atoms with van der Waals surface area (Å²) in [6.45, 7) is 4.18. The molecule has 0 spiro atoms. The number of aryl methyl sites for hydroxylation is 1. The van der Waals surface area contributed by atoms with Crippen molar-refractivity contribution in [3.05, 3.63) is 35.8 Å². The van der Waals surface area contributed by atoms with Crippen molar-refractivity contribution in [2.75, 3.05) is 38.1 Å². The molecule has 1 aliphatic heterocycles. The minimum Gasteiger partial charge on any atom is -0.395 e. The first-order valence-corrected chi connectivity index (χ1v) is 9.71. The lowest BCUT2D eigenvalue weighted by atomic mass is 9.97. The Morgan fingerprint density at radius 2 is 1.92 bits per heavy atom. The van der Waals surface area contributed by atoms with Gasteiger partial charge in [-0.05, 0) is 63.2 Å². The summed E-state index contributed by atoms with van der Waals surface area (Å²) >= 11 is 0. The van der Waals surface area contributed by atoms with Crippen LogP contribution in [-0.2, 0) is 12.8 Å². The van der Waals surface area contributed by atoms with E-state index in [1.807, 2.05) is 12.1 Å². The minimum absolute atomic E-state index is 0.258. The van der Waals surface area contributed by atoms with E-state index in [4.69, 9.17) is 15.1 Å². The third-order valence-corrected chi connectivity index (χ3v) is 5.55. The van der Waals surface area contributed by atoms with Crippen LogP contribution in [0.25, 0.3) is 11.4 Å². The summed E-state index contributed by atoms with van der Waals surface area (Å²) in [6, 6.07) is 3.94. The molecule has 4 rings (SSSR count). The van der Waals surface area contributed by atoms with Gasteiger partial charge in [0.05, 0.1) is 6.61 Å². The van der Waals surface area contributed by atoms with Crippen LogP contribution in [0.1, 0.15) is 30.5 Å². The Morgan fingerprint density at radius 1 is 1.12 bits per heavy atom. The second-order valence-corrected chi connectivity index (χ2v) is 7.30. The Kier molecular flexibility index (Phi) is 5.41. The van der Waals surface area contributed by atoms with Gasteiger partial charge in [-0.3, -0.25) is 4.98 Å². The Labute approximate surface area is 154 Å². The number of aliphatic hydroxyl groups excluding tert-OH is 1. The average Bonchev–Trinajstić information content (AvgIpc) is 3.17. The second-order valence-electron chi connectivity index (χ2n) is 7.30. The Hall–Kier alpha value is -2.05. The number of likely N-dealkylation sites (tertiary alicyclic amines) is 1. The zero-order valence-electron chi connectivity index (χ0n) is 15.2. The molecule has 6 heteroatoms. The molecule has 0 amide bonds. The van der Waals surface area contributed by atoms with E-state index in [0.29, 0.717) is 5.92 Å². The number of nitrogens with one attached hydrogen (secondary N) is 1. The molecule has 1 saturated heterocycles. The van der Waals surface area contributed by atoms with Gasteiger partial charge >= 0.3 is 0 Å². The lowest BCUT2D eigenvalue weighted by Gasteiger charge is -2.31. The van der Waals surface area contributed by atoms with E-state index in [2.05, 4.69) is 15.2 Å². The van der Waals surface area contributed by atoms with Gasteiger partial charge in [-0.25, -0.2) is 9.97 Å². The summed E-state index contributed by atoms with van der Waals surface area (Å²) < 4.78 is 0. The molecule has 2 N–H and O–H groups in total. The lowest BCUT2D eigenvalue weighted by Crippen LogP contribution is -2.37. The number of aromatic nitrogens is 3. The third-order valence-electron chi connectivity index (χ3n) is 5.55. The summed E-state index contributed by atoms with van der Waals surface area (Å²) in [5, 5.41) is 12.7. The number of nitrogens with zero attached hydrogens (tertiary/aromatic N) is 4. The van der Waals surface area contributed by atoms with Crippen LogP contribution < -0.4 is 5.32 Å². The quantitative estimate of drug-likeness (QED) is 0.829. The van der Waals surface area contributed by atoms with E-state index in [9.17, 15) is 0 Å². The molecular weight excluding hydrogens is 326 g/mol. The van der Waals surface area contributed by atoms with Crippen LogP contribution in [0.4, 0.5) is 5.82 Å². The van der Waals surface area contributed by atoms with E-state index in [1.54, 1.807) is 12.4 Å². The predicted octanol–water partition coefficient (Wildman–Crippen LogP) is 2.14. The molecule has 0 saturated carbocycles. The molecule has 2 aromatic heterocycles. The fraction of sp³-hybridized carbons (Fsp3) is 0.550. The van der Waals surface area contributed by atoms with E-state index < -0.39 is 0 Å². The van der Waals surface area contributed by atoms with Gasteiger partial charge in [0.2, 0.25) is 0 Å². The maximum Gasteiger partial charge on any atom is 0.161 e. The third kappa shape index (κ3) is 3.86. The van der Waals surface area contributed by atoms with Crippen molar-refractivity contribution in [1.82, 2.24) is 19.9 Å². The highest BCUT2D eigenvalue weighted by molar-refractivity contribution is 5.60. The van der Waals surface area contributed by atoms with Gasteiger partial charge in [0, 0.05) is 42.3 Å². The van der Waals surface area contributed by atoms with Crippen LogP contribution in [0.15, 0.2) is 24.5 Å². The van der Waals surface area contributed by atoms with Crippen molar-refractivity contribution in [2.45, 2.75) is 32.1 Å². The number of β-amino-alcohol motifs (C(OH)–C–C–N with tert-alkyl or cyclic N) is 1. The zero-order valence-corrected chi connectivity index (χ0v) is 15.2. The highest BCUT2D eigenvalue weighted by Gasteiger charge is 2.22. The number of fused-ring (bicyclic) bond motifs is 1. The van der Waals surface area contributed by atoms with Crippen molar-refractivity contribution in [2.24, 2.45) is 5.92 Å². The van der Waals surface area contributed by atoms with Crippen LogP contribution in [0.5, 0.6) is 0 Å². The van der Waals surface area contributed by atoms with Crippen LogP contribution >= 0.6 is 0 Å². The SMILES string of the molecule is OCCN1CCC(CNc2nc(-c3ccncc3)nc3c2CCC3)CC1. The number of aliphatic hydroxyl groups is 1. The van der Waals surface area contributed by atoms with E-state index in [0.717, 1.165) is 62.6 Å². The van der Waals surface area contributed by atoms with Gasteiger partial charge in [0.1, 0.15) is 5.82 Å². The summed E-state index contributed by atoms with van der Waals surface area (Å²) in [6.07, 6.45) is 9.22. The smallest absolute Gasteiger partial charge is 0.161 e. The summed E-state index contributed by atoms with van der Waals surface area (Å²) in [4.78, 5) is 16.1. The number of rotatable bonds is 6. The lowest BCUT2D eigenvalue weighted by molar-refractivity contribution is 0.151. The molecule has 0 aromatic carbocycles. The minimum atomic E-state index is 0.258. The first-order chi connectivity index (χ1) is 12.8. The van der Waals surface area contributed by atoms with E-state index in [1.165, 1.54) is 24.1 Å². The highest BCUT2D eigenvalue weighted by atomic mass is 16.3. The van der Waals surface area contributed by atoms with Gasteiger partial charge in [0.15, 0.2) is 5.82 Å². The number of anilines is 1. The van der Waals surface area contributed by atoms with Crippen LogP contribution in [-0.4, -0.2) is 57.7 Å². The molecule has 0 unspecified atom stereocenters. The zero-order chi connectivity index (χ0) is 17.8. The standard InChI is InChI=1S/C20H27N5O/c26-13-12-25-10-6-15(7-11-25)14-22-20-17-2-1-3-18(17)23-19(24-20)16-4-8-21-9-5-16/h4-5,8-9,15,26H,1-3,6-7,10-14H2,(H,22,23,24). The van der Waals surface area contributed by atoms with Crippen molar-refractivity contribution in [1.29, 1.82) is 0 Å². The molecule has 0 bridgehead atoms. The first kappa shape index (κ1) is 17.4. The number of piperidine rings is 1. The molecule has 2 aliphatic rings. The second kappa shape index (κ2) is 8.10. The van der Waals surface area contributed by atoms with Crippen molar-refractivity contribution in [3.63, 3.8) is 0 Å². The summed E-state index contributed by atoms with van der Waals surface area (Å²) in [5.74, 6) is 2.49. The van der Waals surface area contributed by atoms with Crippen molar-refractivity contribution in [3.8, 4) is 11.4 Å². The molecule has 26 heavy (non-hydrogen) atoms. The number of pyridine rings is 1. The fourth-order valence-corrected chi connectivity index (χ4v) is 4.01. The Bertz CT molecular complexity index is 728. The van der Waals surface area contributed by atoms with Gasteiger partial charge in [-0.2, -0.15) is 0 Å². The molecule has 0 atom stereocenters. The normalized spacial score (nSPS) is 18.0. The fourth-order valence-electron chi connectivity index (χ4n) is 4.01. The summed E-state index contributed by atoms with van der Waals surface area (Å²) in [7, 11) is 0. The van der Waals surface area contributed by atoms with Crippen LogP contribution in [0, 0.1) is 5.92 Å². The summed E-state index contributed by atoms with van der Waals surface area (Å²) in [5.41, 5.74) is 3.53. The highest BCUT2D eigenvalue weighted by Crippen LogP contribution is 2.29. The Balaban J connectivity index is 1.46. The molecule has 2 aromatic rings. The maximum absolute atomic E-state index is 9.07. The molecule has 0 radical (unpaired) electrons. The Morgan fingerprint density at radius 3 is 2.69 bits per heavy atom. The first-order valence-electron chi connectivity index (χ1n) is 9.71. The van der Waals surface area contributed by atoms with Crippen LogP contribution in [0.3, 0.4) is 0 Å². The van der Waals surface area contributed by atoms with E-state index >= 15 is 0 Å². The molecule has 3 heterocycles. The molecular formula is C20H27N5O. The molecule has 6 nitrogen and oxygen atoms in total. The van der Waals surface area contributed by atoms with Gasteiger partial charge < -0.3 is 15.3 Å². The topological polar surface area (TPSA) is 74.2 Å². The van der Waals surface area contributed by atoms with Crippen molar-refractivity contribution < 1.29 is 5.11 Å². The van der Waals surface area contributed by atoms with Crippen LogP contribution in [0.2, 0.25) is 0 Å². The van der Waals surface area contributed by atoms with Gasteiger partial charge in [-0.15, -0.1) is 0 Å². The monoisotopic (exact) mass is 353 g/mol. The molecule has 1 fully saturated rings. The maximum atomic E-state index is 9.07. The van der Waals surface area contributed by atoms with Gasteiger partial charge in [-0.1, -0.05) is 0 Å². The number of hydrogen-bond acceptors (Lipinski definition) is 6. The van der Waals surface area contributed by atoms with E-state index in [-0.39, 0.29) is 6.61 Å². The largest absolute Gasteiger partial charge is 0.395 e. The predicted molar refractivity (Wildman–Crippen MR) is 102 cm³/mol.